The summed E-state index contributed by atoms with van der Waals surface area (Å²) in [5, 5.41) is 0.818. The van der Waals surface area contributed by atoms with E-state index in [9.17, 15) is 9.59 Å². The van der Waals surface area contributed by atoms with Gasteiger partial charge in [-0.25, -0.2) is 4.98 Å². The molecule has 5 heteroatoms. The van der Waals surface area contributed by atoms with Crippen LogP contribution in [0.4, 0.5) is 0 Å². The van der Waals surface area contributed by atoms with Gasteiger partial charge in [0.2, 0.25) is 5.78 Å². The molecule has 1 atom stereocenters. The molecule has 124 valence electrons. The van der Waals surface area contributed by atoms with E-state index in [4.69, 9.17) is 4.74 Å². The van der Waals surface area contributed by atoms with Crippen molar-refractivity contribution < 1.29 is 14.3 Å². The Morgan fingerprint density at radius 3 is 2.54 bits per heavy atom. The number of Topliss-reactive ketones (excluding diaryl/α,β-unsaturated/α-hetero) is 2. The van der Waals surface area contributed by atoms with E-state index in [0.29, 0.717) is 12.1 Å². The zero-order valence-electron chi connectivity index (χ0n) is 14.0. The summed E-state index contributed by atoms with van der Waals surface area (Å²) in [5.74, 6) is -1.55. The Bertz CT molecular complexity index is 820. The van der Waals surface area contributed by atoms with Gasteiger partial charge in [0.1, 0.15) is 10.9 Å². The van der Waals surface area contributed by atoms with Crippen molar-refractivity contribution in [2.75, 3.05) is 0 Å². The van der Waals surface area contributed by atoms with Crippen LogP contribution >= 0.6 is 11.3 Å². The van der Waals surface area contributed by atoms with E-state index in [2.05, 4.69) is 11.6 Å². The number of hydrogen-bond donors (Lipinski definition) is 0. The lowest BCUT2D eigenvalue weighted by Gasteiger charge is -2.34. The van der Waals surface area contributed by atoms with Crippen LogP contribution in [0.1, 0.15) is 37.3 Å². The molecule has 1 aliphatic rings. The molecule has 1 aliphatic heterocycles. The fourth-order valence-electron chi connectivity index (χ4n) is 2.83. The summed E-state index contributed by atoms with van der Waals surface area (Å²) in [5.41, 5.74) is 0.458. The first-order chi connectivity index (χ1) is 11.3. The number of allylic oxidation sites excluding steroid dienone is 1. The lowest BCUT2D eigenvalue weighted by Crippen LogP contribution is -2.47. The summed E-state index contributed by atoms with van der Waals surface area (Å²) in [6, 6.07) is 9.77. The summed E-state index contributed by atoms with van der Waals surface area (Å²) in [6.07, 6.45) is 0.713. The maximum atomic E-state index is 12.8. The summed E-state index contributed by atoms with van der Waals surface area (Å²) < 4.78 is 5.40. The van der Waals surface area contributed by atoms with Gasteiger partial charge in [-0.1, -0.05) is 43.8 Å². The molecule has 2 heterocycles. The average molecular weight is 341 g/mol. The van der Waals surface area contributed by atoms with Gasteiger partial charge in [0.05, 0.1) is 5.69 Å². The zero-order valence-corrected chi connectivity index (χ0v) is 14.8. The largest absolute Gasteiger partial charge is 0.477 e. The summed E-state index contributed by atoms with van der Waals surface area (Å²) in [4.78, 5) is 31.0. The Kier molecular flexibility index (Phi) is 4.13. The van der Waals surface area contributed by atoms with Gasteiger partial charge in [-0.05, 0) is 20.3 Å². The highest BCUT2D eigenvalue weighted by atomic mass is 32.1. The number of ether oxygens (including phenoxy) is 1. The first kappa shape index (κ1) is 16.6. The number of rotatable bonds is 3. The number of hydrogen-bond acceptors (Lipinski definition) is 5. The highest BCUT2D eigenvalue weighted by Crippen LogP contribution is 2.39. The number of thiazole rings is 1. The molecule has 1 aromatic heterocycles. The molecule has 0 aliphatic carbocycles. The van der Waals surface area contributed by atoms with Gasteiger partial charge < -0.3 is 4.74 Å². The molecule has 4 nitrogen and oxygen atoms in total. The van der Waals surface area contributed by atoms with E-state index in [1.807, 2.05) is 37.3 Å². The number of benzene rings is 1. The molecule has 0 N–H and O–H groups in total. The minimum absolute atomic E-state index is 0.0286. The van der Waals surface area contributed by atoms with Crippen LogP contribution in [0.5, 0.6) is 0 Å². The van der Waals surface area contributed by atoms with Crippen molar-refractivity contribution in [2.24, 2.45) is 0 Å². The second kappa shape index (κ2) is 5.98. The Balaban J connectivity index is 2.11. The number of carbonyl (C=O) groups excluding carboxylic acids is 2. The number of carbonyl (C=O) groups is 2. The first-order valence-electron chi connectivity index (χ1n) is 7.86. The van der Waals surface area contributed by atoms with Crippen LogP contribution in [0.3, 0.4) is 0 Å². The molecule has 0 saturated carbocycles. The molecule has 1 unspecified atom stereocenters. The molecular formula is C19H19NO3S. The monoisotopic (exact) mass is 341 g/mol. The highest BCUT2D eigenvalue weighted by Gasteiger charge is 2.48. The normalized spacial score (nSPS) is 20.1. The zero-order chi connectivity index (χ0) is 17.5. The Labute approximate surface area is 145 Å². The van der Waals surface area contributed by atoms with Gasteiger partial charge >= 0.3 is 0 Å². The molecule has 0 amide bonds. The van der Waals surface area contributed by atoms with E-state index in [-0.39, 0.29) is 17.3 Å². The van der Waals surface area contributed by atoms with Crippen LogP contribution in [-0.4, -0.2) is 22.2 Å². The van der Waals surface area contributed by atoms with Crippen molar-refractivity contribution in [1.82, 2.24) is 4.98 Å². The Hall–Kier alpha value is -2.27. The third-order valence-electron chi connectivity index (χ3n) is 4.11. The number of aryl methyl sites for hydroxylation is 1. The average Bonchev–Trinajstić information content (AvgIpc) is 2.98. The van der Waals surface area contributed by atoms with Gasteiger partial charge in [-0.3, -0.25) is 9.59 Å². The molecular weight excluding hydrogens is 322 g/mol. The summed E-state index contributed by atoms with van der Waals surface area (Å²) >= 11 is 1.53. The highest BCUT2D eigenvalue weighted by molar-refractivity contribution is 7.15. The van der Waals surface area contributed by atoms with E-state index in [1.54, 1.807) is 13.8 Å². The fourth-order valence-corrected chi connectivity index (χ4v) is 3.87. The third kappa shape index (κ3) is 2.69. The minimum atomic E-state index is -1.07. The van der Waals surface area contributed by atoms with E-state index < -0.39 is 11.5 Å². The molecule has 1 fully saturated rings. The van der Waals surface area contributed by atoms with Crippen LogP contribution in [0.2, 0.25) is 0 Å². The standard InChI is InChI=1S/C19H19NO3S/c1-5-13-15(20-18(24-13)12-9-7-6-8-10-12)14-16(21)11(2)23-19(3,4)17(14)22/h6-10,14H,2,5H2,1,3-4H3. The second-order valence-electron chi connectivity index (χ2n) is 6.24. The molecule has 2 aromatic rings. The maximum absolute atomic E-state index is 12.8. The lowest BCUT2D eigenvalue weighted by molar-refractivity contribution is -0.150. The van der Waals surface area contributed by atoms with Crippen molar-refractivity contribution in [3.63, 3.8) is 0 Å². The van der Waals surface area contributed by atoms with Gasteiger partial charge in [0.15, 0.2) is 17.1 Å². The van der Waals surface area contributed by atoms with Crippen LogP contribution in [0.25, 0.3) is 10.6 Å². The second-order valence-corrected chi connectivity index (χ2v) is 7.33. The quantitative estimate of drug-likeness (QED) is 0.627. The predicted octanol–water partition coefficient (Wildman–Crippen LogP) is 3.92. The Morgan fingerprint density at radius 2 is 1.92 bits per heavy atom. The lowest BCUT2D eigenvalue weighted by atomic mass is 9.82. The molecule has 1 saturated heterocycles. The molecule has 0 radical (unpaired) electrons. The maximum Gasteiger partial charge on any atom is 0.213 e. The molecule has 3 rings (SSSR count). The number of nitrogens with zero attached hydrogens (tertiary/aromatic N) is 1. The van der Waals surface area contributed by atoms with Crippen molar-refractivity contribution in [3.8, 4) is 10.6 Å². The van der Waals surface area contributed by atoms with Crippen molar-refractivity contribution >= 4 is 22.9 Å². The Morgan fingerprint density at radius 1 is 1.25 bits per heavy atom. The van der Waals surface area contributed by atoms with Crippen LogP contribution in [0, 0.1) is 0 Å². The number of ketones is 2. The van der Waals surface area contributed by atoms with Crippen molar-refractivity contribution in [3.05, 3.63) is 53.2 Å². The topological polar surface area (TPSA) is 56.3 Å². The van der Waals surface area contributed by atoms with E-state index >= 15 is 0 Å². The van der Waals surface area contributed by atoms with Gasteiger partial charge in [0.25, 0.3) is 0 Å². The SMILES string of the molecule is C=C1OC(C)(C)C(=O)C(c2nc(-c3ccccc3)sc2CC)C1=O. The molecule has 1 aromatic carbocycles. The fraction of sp³-hybridized carbons (Fsp3) is 0.316. The number of aromatic nitrogens is 1. The summed E-state index contributed by atoms with van der Waals surface area (Å²) in [6.45, 7) is 9.00. The molecule has 0 spiro atoms. The van der Waals surface area contributed by atoms with Gasteiger partial charge in [-0.15, -0.1) is 11.3 Å². The molecule has 0 bridgehead atoms. The van der Waals surface area contributed by atoms with Crippen molar-refractivity contribution in [2.45, 2.75) is 38.7 Å². The van der Waals surface area contributed by atoms with Crippen LogP contribution in [-0.2, 0) is 20.7 Å². The predicted molar refractivity (Wildman–Crippen MR) is 94.0 cm³/mol. The van der Waals surface area contributed by atoms with E-state index in [1.165, 1.54) is 11.3 Å². The smallest absolute Gasteiger partial charge is 0.213 e. The molecule has 24 heavy (non-hydrogen) atoms. The first-order valence-corrected chi connectivity index (χ1v) is 8.68. The van der Waals surface area contributed by atoms with Crippen molar-refractivity contribution in [1.29, 1.82) is 0 Å². The minimum Gasteiger partial charge on any atom is -0.477 e. The third-order valence-corrected chi connectivity index (χ3v) is 5.38. The van der Waals surface area contributed by atoms with E-state index in [0.717, 1.165) is 15.4 Å². The van der Waals surface area contributed by atoms with Gasteiger partial charge in [0, 0.05) is 10.4 Å². The van der Waals surface area contributed by atoms with Crippen LogP contribution < -0.4 is 0 Å². The van der Waals surface area contributed by atoms with Gasteiger partial charge in [-0.2, -0.15) is 0 Å². The summed E-state index contributed by atoms with van der Waals surface area (Å²) in [7, 11) is 0. The van der Waals surface area contributed by atoms with Crippen LogP contribution in [0.15, 0.2) is 42.7 Å².